The number of carbonyl (C=O) groups excluding carboxylic acids is 1. The number of carbonyl (C=O) groups is 1. The van der Waals surface area contributed by atoms with Gasteiger partial charge in [-0.1, -0.05) is 53.7 Å². The Hall–Kier alpha value is -4.00. The van der Waals surface area contributed by atoms with Crippen LogP contribution in [-0.4, -0.2) is 21.0 Å². The van der Waals surface area contributed by atoms with Crippen molar-refractivity contribution in [3.05, 3.63) is 83.8 Å². The van der Waals surface area contributed by atoms with E-state index in [0.717, 1.165) is 5.56 Å². The van der Waals surface area contributed by atoms with Gasteiger partial charge in [0.1, 0.15) is 5.75 Å². The van der Waals surface area contributed by atoms with Gasteiger partial charge in [-0.25, -0.2) is 0 Å². The largest absolute Gasteiger partial charge is 0.424 e. The molecule has 2 aromatic heterocycles. The molecule has 0 spiro atoms. The molecule has 4 rings (SSSR count). The van der Waals surface area contributed by atoms with Crippen LogP contribution in [0.3, 0.4) is 0 Å². The lowest BCUT2D eigenvalue weighted by molar-refractivity contribution is 0.101. The van der Waals surface area contributed by atoms with Gasteiger partial charge in [0.15, 0.2) is 11.5 Å². The van der Waals surface area contributed by atoms with Crippen molar-refractivity contribution in [2.45, 2.75) is 13.8 Å². The fourth-order valence-electron chi connectivity index (χ4n) is 2.80. The van der Waals surface area contributed by atoms with E-state index in [9.17, 15) is 4.79 Å². The van der Waals surface area contributed by atoms with Crippen molar-refractivity contribution < 1.29 is 14.1 Å². The Labute approximate surface area is 167 Å². The summed E-state index contributed by atoms with van der Waals surface area (Å²) in [6.07, 6.45) is 0. The second-order valence-electron chi connectivity index (χ2n) is 6.36. The summed E-state index contributed by atoms with van der Waals surface area (Å²) in [5, 5.41) is 6.68. The smallest absolute Gasteiger partial charge is 0.322 e. The van der Waals surface area contributed by atoms with E-state index in [-0.39, 0.29) is 11.7 Å². The normalized spacial score (nSPS) is 10.6. The van der Waals surface area contributed by atoms with E-state index >= 15 is 0 Å². The zero-order valence-electron chi connectivity index (χ0n) is 15.9. The first-order valence-electron chi connectivity index (χ1n) is 9.02. The molecule has 0 radical (unpaired) electrons. The van der Waals surface area contributed by atoms with Crippen molar-refractivity contribution in [3.8, 4) is 23.1 Å². The van der Waals surface area contributed by atoms with Crippen molar-refractivity contribution in [1.29, 1.82) is 0 Å². The molecule has 0 saturated heterocycles. The summed E-state index contributed by atoms with van der Waals surface area (Å²) < 4.78 is 11.0. The number of anilines is 1. The average Bonchev–Trinajstić information content (AvgIpc) is 3.22. The Morgan fingerprint density at radius 2 is 1.55 bits per heavy atom. The van der Waals surface area contributed by atoms with Gasteiger partial charge in [0.25, 0.3) is 5.91 Å². The molecule has 0 unspecified atom stereocenters. The lowest BCUT2D eigenvalue weighted by atomic mass is 10.1. The molecule has 1 amide bonds. The third-order valence-electron chi connectivity index (χ3n) is 4.24. The first-order chi connectivity index (χ1) is 14.1. The number of amides is 1. The van der Waals surface area contributed by atoms with Gasteiger partial charge in [0.2, 0.25) is 0 Å². The predicted molar refractivity (Wildman–Crippen MR) is 108 cm³/mol. The summed E-state index contributed by atoms with van der Waals surface area (Å²) in [6, 6.07) is 20.5. The molecule has 0 aliphatic heterocycles. The second-order valence-corrected chi connectivity index (χ2v) is 6.36. The summed E-state index contributed by atoms with van der Waals surface area (Å²) in [6.45, 7) is 3.56. The minimum Gasteiger partial charge on any atom is -0.424 e. The van der Waals surface area contributed by atoms with Crippen LogP contribution >= 0.6 is 0 Å². The summed E-state index contributed by atoms with van der Waals surface area (Å²) in [4.78, 5) is 21.3. The fraction of sp³-hybridized carbons (Fsp3) is 0.0909. The molecule has 0 aliphatic rings. The molecular weight excluding hydrogens is 368 g/mol. The van der Waals surface area contributed by atoms with Crippen LogP contribution < -0.4 is 10.1 Å². The lowest BCUT2D eigenvalue weighted by Crippen LogP contribution is -2.15. The summed E-state index contributed by atoms with van der Waals surface area (Å²) in [5.74, 6) is 0.758. The molecule has 0 saturated carbocycles. The molecule has 0 bridgehead atoms. The maximum atomic E-state index is 12.6. The monoisotopic (exact) mass is 386 g/mol. The van der Waals surface area contributed by atoms with Gasteiger partial charge >= 0.3 is 6.01 Å². The quantitative estimate of drug-likeness (QED) is 0.530. The molecular formula is C22H18N4O3. The third kappa shape index (κ3) is 4.14. The van der Waals surface area contributed by atoms with E-state index in [4.69, 9.17) is 9.26 Å². The molecule has 2 aromatic carbocycles. The van der Waals surface area contributed by atoms with Crippen LogP contribution in [-0.2, 0) is 0 Å². The number of benzene rings is 2. The molecule has 29 heavy (non-hydrogen) atoms. The number of hydrogen-bond donors (Lipinski definition) is 1. The van der Waals surface area contributed by atoms with Crippen molar-refractivity contribution >= 4 is 11.6 Å². The van der Waals surface area contributed by atoms with Crippen LogP contribution in [0.5, 0.6) is 11.8 Å². The Morgan fingerprint density at radius 1 is 0.931 bits per heavy atom. The highest BCUT2D eigenvalue weighted by atomic mass is 16.5. The van der Waals surface area contributed by atoms with E-state index < -0.39 is 5.91 Å². The van der Waals surface area contributed by atoms with E-state index in [0.29, 0.717) is 28.6 Å². The highest BCUT2D eigenvalue weighted by Crippen LogP contribution is 2.24. The first-order valence-corrected chi connectivity index (χ1v) is 9.02. The fourth-order valence-corrected chi connectivity index (χ4v) is 2.80. The number of rotatable bonds is 5. The topological polar surface area (TPSA) is 90.1 Å². The number of nitrogens with zero attached hydrogens (tertiary/aromatic N) is 3. The highest BCUT2D eigenvalue weighted by molar-refractivity contribution is 6.03. The maximum absolute atomic E-state index is 12.6. The molecule has 2 heterocycles. The van der Waals surface area contributed by atoms with Crippen LogP contribution in [0.2, 0.25) is 0 Å². The highest BCUT2D eigenvalue weighted by Gasteiger charge is 2.17. The molecule has 0 fully saturated rings. The zero-order valence-corrected chi connectivity index (χ0v) is 15.9. The first kappa shape index (κ1) is 18.4. The van der Waals surface area contributed by atoms with Crippen LogP contribution in [0.25, 0.3) is 11.3 Å². The van der Waals surface area contributed by atoms with Crippen LogP contribution in [0.1, 0.15) is 21.9 Å². The number of hydrogen-bond acceptors (Lipinski definition) is 6. The summed E-state index contributed by atoms with van der Waals surface area (Å²) in [7, 11) is 0. The van der Waals surface area contributed by atoms with Crippen molar-refractivity contribution in [2.75, 3.05) is 5.32 Å². The third-order valence-corrected chi connectivity index (χ3v) is 4.24. The Bertz CT molecular complexity index is 1120. The number of aromatic nitrogens is 3. The van der Waals surface area contributed by atoms with Gasteiger partial charge in [0, 0.05) is 11.6 Å². The van der Waals surface area contributed by atoms with Gasteiger partial charge in [-0.3, -0.25) is 4.79 Å². The molecule has 0 aliphatic carbocycles. The van der Waals surface area contributed by atoms with E-state index in [2.05, 4.69) is 20.4 Å². The molecule has 7 nitrogen and oxygen atoms in total. The molecule has 4 aromatic rings. The number of para-hydroxylation sites is 1. The SMILES string of the molecule is Cc1nc(Oc2ccccc2)nc(C)c1NC(=O)c1cc(-c2ccccc2)on1. The standard InChI is InChI=1S/C22H18N4O3/c1-14-20(15(2)24-22(23-14)28-17-11-7-4-8-12-17)25-21(27)18-13-19(29-26-18)16-9-5-3-6-10-16/h3-13H,1-2H3,(H,25,27). The van der Waals surface area contributed by atoms with Crippen LogP contribution in [0.15, 0.2) is 71.3 Å². The Balaban J connectivity index is 1.52. The van der Waals surface area contributed by atoms with Crippen molar-refractivity contribution in [1.82, 2.24) is 15.1 Å². The molecule has 7 heteroatoms. The van der Waals surface area contributed by atoms with Gasteiger partial charge in [0.05, 0.1) is 17.1 Å². The average molecular weight is 386 g/mol. The molecule has 0 atom stereocenters. The van der Waals surface area contributed by atoms with Crippen molar-refractivity contribution in [3.63, 3.8) is 0 Å². The second kappa shape index (κ2) is 7.93. The summed E-state index contributed by atoms with van der Waals surface area (Å²) >= 11 is 0. The van der Waals surface area contributed by atoms with Gasteiger partial charge in [-0.05, 0) is 26.0 Å². The van der Waals surface area contributed by atoms with Crippen LogP contribution in [0, 0.1) is 13.8 Å². The van der Waals surface area contributed by atoms with Gasteiger partial charge in [-0.15, -0.1) is 0 Å². The Morgan fingerprint density at radius 3 is 2.21 bits per heavy atom. The van der Waals surface area contributed by atoms with E-state index in [1.165, 1.54) is 0 Å². The van der Waals surface area contributed by atoms with E-state index in [1.54, 1.807) is 19.9 Å². The number of nitrogens with one attached hydrogen (secondary N) is 1. The van der Waals surface area contributed by atoms with Crippen molar-refractivity contribution in [2.24, 2.45) is 0 Å². The van der Waals surface area contributed by atoms with Gasteiger partial charge in [-0.2, -0.15) is 9.97 Å². The minimum absolute atomic E-state index is 0.173. The lowest BCUT2D eigenvalue weighted by Gasteiger charge is -2.11. The summed E-state index contributed by atoms with van der Waals surface area (Å²) in [5.41, 5.74) is 2.70. The van der Waals surface area contributed by atoms with Gasteiger partial charge < -0.3 is 14.6 Å². The Kier molecular flexibility index (Phi) is 5.03. The number of aryl methyl sites for hydroxylation is 2. The molecule has 144 valence electrons. The van der Waals surface area contributed by atoms with E-state index in [1.807, 2.05) is 60.7 Å². The minimum atomic E-state index is -0.401. The number of ether oxygens (including phenoxy) is 1. The maximum Gasteiger partial charge on any atom is 0.322 e. The molecule has 1 N–H and O–H groups in total. The zero-order chi connectivity index (χ0) is 20.2. The van der Waals surface area contributed by atoms with Crippen LogP contribution in [0.4, 0.5) is 5.69 Å². The predicted octanol–water partition coefficient (Wildman–Crippen LogP) is 4.79.